The van der Waals surface area contributed by atoms with Crippen LogP contribution in [0.5, 0.6) is 11.5 Å². The fourth-order valence-corrected chi connectivity index (χ4v) is 3.46. The van der Waals surface area contributed by atoms with Crippen LogP contribution >= 0.6 is 0 Å². The molecule has 2 atom stereocenters. The number of fused-ring (bicyclic) bond motifs is 2. The molecule has 2 heterocycles. The second-order valence-electron chi connectivity index (χ2n) is 7.15. The Labute approximate surface area is 121 Å². The first-order valence-electron chi connectivity index (χ1n) is 7.55. The lowest BCUT2D eigenvalue weighted by Gasteiger charge is -2.23. The van der Waals surface area contributed by atoms with E-state index in [9.17, 15) is 0 Å². The van der Waals surface area contributed by atoms with Crippen molar-refractivity contribution in [3.05, 3.63) is 22.3 Å². The lowest BCUT2D eigenvalue weighted by atomic mass is 9.87. The Hall–Kier alpha value is -1.22. The summed E-state index contributed by atoms with van der Waals surface area (Å²) < 4.78 is 12.2. The molecule has 2 unspecified atom stereocenters. The van der Waals surface area contributed by atoms with Crippen molar-refractivity contribution in [2.45, 2.75) is 71.6 Å². The Morgan fingerprint density at radius 3 is 2.20 bits per heavy atom. The highest BCUT2D eigenvalue weighted by Crippen LogP contribution is 2.47. The zero-order valence-electron chi connectivity index (χ0n) is 13.2. The van der Waals surface area contributed by atoms with Crippen molar-refractivity contribution in [2.75, 3.05) is 0 Å². The highest BCUT2D eigenvalue weighted by Gasteiger charge is 2.35. The van der Waals surface area contributed by atoms with Gasteiger partial charge in [-0.15, -0.1) is 0 Å². The maximum atomic E-state index is 6.27. The van der Waals surface area contributed by atoms with Gasteiger partial charge in [-0.05, 0) is 46.6 Å². The van der Waals surface area contributed by atoms with E-state index in [2.05, 4.69) is 34.6 Å². The molecule has 0 saturated heterocycles. The number of hydrogen-bond acceptors (Lipinski definition) is 3. The third-order valence-electron chi connectivity index (χ3n) is 4.23. The van der Waals surface area contributed by atoms with Gasteiger partial charge in [-0.25, -0.2) is 0 Å². The Kier molecular flexibility index (Phi) is 3.02. The van der Waals surface area contributed by atoms with Gasteiger partial charge < -0.3 is 15.2 Å². The van der Waals surface area contributed by atoms with E-state index < -0.39 is 0 Å². The molecule has 3 rings (SSSR count). The van der Waals surface area contributed by atoms with Crippen LogP contribution in [0.2, 0.25) is 0 Å². The molecule has 0 spiro atoms. The molecule has 20 heavy (non-hydrogen) atoms. The van der Waals surface area contributed by atoms with E-state index >= 15 is 0 Å². The summed E-state index contributed by atoms with van der Waals surface area (Å²) in [4.78, 5) is 0. The van der Waals surface area contributed by atoms with Crippen LogP contribution in [-0.4, -0.2) is 17.7 Å². The third-order valence-corrected chi connectivity index (χ3v) is 4.23. The monoisotopic (exact) mass is 275 g/mol. The minimum Gasteiger partial charge on any atom is -0.490 e. The molecule has 110 valence electrons. The summed E-state index contributed by atoms with van der Waals surface area (Å²) >= 11 is 0. The first kappa shape index (κ1) is 13.7. The molecule has 0 saturated carbocycles. The topological polar surface area (TPSA) is 44.5 Å². The Morgan fingerprint density at radius 2 is 1.60 bits per heavy atom. The summed E-state index contributed by atoms with van der Waals surface area (Å²) in [7, 11) is 0. The fraction of sp³-hybridized carbons (Fsp3) is 0.647. The molecule has 0 fully saturated rings. The Balaban J connectivity index is 2.18. The van der Waals surface area contributed by atoms with Crippen molar-refractivity contribution in [2.24, 2.45) is 5.73 Å². The van der Waals surface area contributed by atoms with Gasteiger partial charge in [-0.3, -0.25) is 0 Å². The fourth-order valence-electron chi connectivity index (χ4n) is 3.46. The second-order valence-corrected chi connectivity index (χ2v) is 7.15. The van der Waals surface area contributed by atoms with Crippen molar-refractivity contribution in [1.82, 2.24) is 0 Å². The normalized spacial score (nSPS) is 24.1. The molecule has 0 radical (unpaired) electrons. The van der Waals surface area contributed by atoms with Gasteiger partial charge in [0.15, 0.2) is 0 Å². The van der Waals surface area contributed by atoms with Gasteiger partial charge in [0.25, 0.3) is 0 Å². The smallest absolute Gasteiger partial charge is 0.127 e. The zero-order valence-corrected chi connectivity index (χ0v) is 13.2. The van der Waals surface area contributed by atoms with Crippen LogP contribution in [0.15, 0.2) is 0 Å². The van der Waals surface area contributed by atoms with Crippen LogP contribution in [0.25, 0.3) is 0 Å². The number of nitrogens with two attached hydrogens (primary N) is 1. The summed E-state index contributed by atoms with van der Waals surface area (Å²) in [5.74, 6) is 2.18. The van der Waals surface area contributed by atoms with Crippen LogP contribution in [-0.2, 0) is 19.3 Å². The van der Waals surface area contributed by atoms with Gasteiger partial charge in [0, 0.05) is 35.1 Å². The lowest BCUT2D eigenvalue weighted by molar-refractivity contribution is 0.250. The zero-order chi connectivity index (χ0) is 14.7. The molecule has 0 amide bonds. The summed E-state index contributed by atoms with van der Waals surface area (Å²) in [6.45, 7) is 10.6. The highest BCUT2D eigenvalue weighted by molar-refractivity contribution is 5.62. The van der Waals surface area contributed by atoms with Gasteiger partial charge in [0.1, 0.15) is 23.7 Å². The predicted molar refractivity (Wildman–Crippen MR) is 80.7 cm³/mol. The molecular weight excluding hydrogens is 250 g/mol. The second kappa shape index (κ2) is 4.39. The third kappa shape index (κ3) is 2.18. The van der Waals surface area contributed by atoms with Gasteiger partial charge in [-0.1, -0.05) is 0 Å². The van der Waals surface area contributed by atoms with Gasteiger partial charge in [0.05, 0.1) is 0 Å². The first-order chi connectivity index (χ1) is 9.26. The van der Waals surface area contributed by atoms with Crippen molar-refractivity contribution >= 4 is 0 Å². The molecule has 2 N–H and O–H groups in total. The molecule has 0 aliphatic carbocycles. The van der Waals surface area contributed by atoms with Crippen molar-refractivity contribution in [3.8, 4) is 11.5 Å². The van der Waals surface area contributed by atoms with Crippen molar-refractivity contribution in [1.29, 1.82) is 0 Å². The van der Waals surface area contributed by atoms with Crippen LogP contribution < -0.4 is 15.2 Å². The Morgan fingerprint density at radius 1 is 1.05 bits per heavy atom. The predicted octanol–water partition coefficient (Wildman–Crippen LogP) is 2.92. The average Bonchev–Trinajstić information content (AvgIpc) is 2.86. The maximum absolute atomic E-state index is 6.27. The molecule has 1 aromatic carbocycles. The van der Waals surface area contributed by atoms with Crippen LogP contribution in [0.4, 0.5) is 0 Å². The molecular formula is C17H25NO2. The molecule has 0 aromatic heterocycles. The van der Waals surface area contributed by atoms with Crippen molar-refractivity contribution in [3.63, 3.8) is 0 Å². The van der Waals surface area contributed by atoms with E-state index in [1.165, 1.54) is 22.3 Å². The quantitative estimate of drug-likeness (QED) is 0.902. The molecule has 0 bridgehead atoms. The number of rotatable bonds is 2. The summed E-state index contributed by atoms with van der Waals surface area (Å²) in [6, 6.07) is 0. The Bertz CT molecular complexity index is 518. The summed E-state index contributed by atoms with van der Waals surface area (Å²) in [6.07, 6.45) is 3.28. The van der Waals surface area contributed by atoms with Gasteiger partial charge >= 0.3 is 0 Å². The molecule has 1 aromatic rings. The van der Waals surface area contributed by atoms with Crippen LogP contribution in [0.3, 0.4) is 0 Å². The van der Waals surface area contributed by atoms with E-state index in [1.54, 1.807) is 0 Å². The number of hydrogen-bond donors (Lipinski definition) is 1. The van der Waals surface area contributed by atoms with E-state index in [4.69, 9.17) is 15.2 Å². The van der Waals surface area contributed by atoms with E-state index in [0.29, 0.717) is 0 Å². The number of benzene rings is 1. The molecule has 3 nitrogen and oxygen atoms in total. The van der Waals surface area contributed by atoms with E-state index in [1.807, 2.05) is 0 Å². The maximum Gasteiger partial charge on any atom is 0.127 e. The SMILES string of the molecule is Cc1c2c(c(CC(C)(C)N)c3c1OC(C)C3)OC(C)C2. The number of ether oxygens (including phenoxy) is 2. The largest absolute Gasteiger partial charge is 0.490 e. The van der Waals surface area contributed by atoms with Crippen LogP contribution in [0.1, 0.15) is 49.9 Å². The van der Waals surface area contributed by atoms with E-state index in [0.717, 1.165) is 30.8 Å². The average molecular weight is 275 g/mol. The first-order valence-corrected chi connectivity index (χ1v) is 7.55. The highest BCUT2D eigenvalue weighted by atomic mass is 16.5. The van der Waals surface area contributed by atoms with E-state index in [-0.39, 0.29) is 17.7 Å². The lowest BCUT2D eigenvalue weighted by Crippen LogP contribution is -2.35. The van der Waals surface area contributed by atoms with Gasteiger partial charge in [-0.2, -0.15) is 0 Å². The minimum absolute atomic E-state index is 0.238. The van der Waals surface area contributed by atoms with Crippen molar-refractivity contribution < 1.29 is 9.47 Å². The van der Waals surface area contributed by atoms with Gasteiger partial charge in [0.2, 0.25) is 0 Å². The molecule has 3 heteroatoms. The standard InChI is InChI=1S/C17H25NO2/c1-9-6-12-11(3)15-13(7-10(2)19-15)14(16(12)20-9)8-17(4,5)18/h9-10H,6-8,18H2,1-5H3. The minimum atomic E-state index is -0.238. The summed E-state index contributed by atoms with van der Waals surface area (Å²) in [5.41, 5.74) is 11.2. The molecule has 2 aliphatic heterocycles. The van der Waals surface area contributed by atoms with Crippen LogP contribution in [0, 0.1) is 6.92 Å². The molecule has 2 aliphatic rings. The summed E-state index contributed by atoms with van der Waals surface area (Å²) in [5, 5.41) is 0.